The number of nitrogens with one attached hydrogen (secondary N) is 1. The number of aryl methyl sites for hydroxylation is 1. The first kappa shape index (κ1) is 12.8. The maximum absolute atomic E-state index is 4.72. The van der Waals surface area contributed by atoms with Crippen LogP contribution in [0.2, 0.25) is 0 Å². The van der Waals surface area contributed by atoms with Crippen LogP contribution >= 0.6 is 0 Å². The number of nitrogens with zero attached hydrogens (tertiary/aromatic N) is 5. The summed E-state index contributed by atoms with van der Waals surface area (Å²) in [6, 6.07) is 6.15. The van der Waals surface area contributed by atoms with Crippen molar-refractivity contribution in [3.05, 3.63) is 36.8 Å². The van der Waals surface area contributed by atoms with Gasteiger partial charge in [-0.1, -0.05) is 0 Å². The molecule has 0 unspecified atom stereocenters. The van der Waals surface area contributed by atoms with E-state index in [9.17, 15) is 0 Å². The Balaban J connectivity index is 1.91. The van der Waals surface area contributed by atoms with E-state index in [1.54, 1.807) is 4.68 Å². The largest absolute Gasteiger partial charge is 0.363 e. The third kappa shape index (κ3) is 1.92. The van der Waals surface area contributed by atoms with Crippen molar-refractivity contribution < 1.29 is 0 Å². The van der Waals surface area contributed by atoms with Gasteiger partial charge >= 0.3 is 0 Å². The van der Waals surface area contributed by atoms with E-state index in [1.165, 1.54) is 0 Å². The predicted molar refractivity (Wildman–Crippen MR) is 87.9 cm³/mol. The van der Waals surface area contributed by atoms with Crippen LogP contribution in [-0.2, 0) is 7.05 Å². The Bertz CT molecular complexity index is 979. The van der Waals surface area contributed by atoms with E-state index < -0.39 is 0 Å². The summed E-state index contributed by atoms with van der Waals surface area (Å²) < 4.78 is 1.78. The Morgan fingerprint density at radius 3 is 2.73 bits per heavy atom. The molecule has 0 aromatic carbocycles. The zero-order chi connectivity index (χ0) is 15.3. The van der Waals surface area contributed by atoms with E-state index in [2.05, 4.69) is 21.1 Å². The van der Waals surface area contributed by atoms with Crippen LogP contribution in [0.1, 0.15) is 0 Å². The van der Waals surface area contributed by atoms with E-state index in [0.717, 1.165) is 39.0 Å². The van der Waals surface area contributed by atoms with E-state index in [0.29, 0.717) is 0 Å². The molecule has 22 heavy (non-hydrogen) atoms. The molecule has 0 saturated carbocycles. The number of rotatable bonds is 2. The molecule has 1 N–H and O–H groups in total. The van der Waals surface area contributed by atoms with E-state index >= 15 is 0 Å². The second-order valence-corrected chi connectivity index (χ2v) is 5.60. The van der Waals surface area contributed by atoms with Gasteiger partial charge in [-0.2, -0.15) is 5.10 Å². The molecule has 0 aliphatic heterocycles. The van der Waals surface area contributed by atoms with Gasteiger partial charge in [0, 0.05) is 55.9 Å². The van der Waals surface area contributed by atoms with Crippen LogP contribution in [0.4, 0.5) is 5.82 Å². The van der Waals surface area contributed by atoms with E-state index in [1.807, 2.05) is 56.8 Å². The van der Waals surface area contributed by atoms with Crippen molar-refractivity contribution in [2.24, 2.45) is 7.05 Å². The van der Waals surface area contributed by atoms with Crippen molar-refractivity contribution in [1.82, 2.24) is 24.7 Å². The zero-order valence-corrected chi connectivity index (χ0v) is 12.7. The SMILES string of the molecule is CN(C)c1cc2[nH]c3nc(-c4cnn(C)c4)ccc3c2cn1. The highest BCUT2D eigenvalue weighted by Gasteiger charge is 2.10. The van der Waals surface area contributed by atoms with Gasteiger partial charge < -0.3 is 9.88 Å². The first-order valence-electron chi connectivity index (χ1n) is 7.06. The van der Waals surface area contributed by atoms with Crippen LogP contribution < -0.4 is 4.90 Å². The summed E-state index contributed by atoms with van der Waals surface area (Å²) in [7, 11) is 5.87. The minimum Gasteiger partial charge on any atom is -0.363 e. The van der Waals surface area contributed by atoms with Gasteiger partial charge in [-0.3, -0.25) is 4.68 Å². The van der Waals surface area contributed by atoms with Gasteiger partial charge in [0.15, 0.2) is 0 Å². The Morgan fingerprint density at radius 2 is 2.00 bits per heavy atom. The Morgan fingerprint density at radius 1 is 1.14 bits per heavy atom. The molecule has 6 heteroatoms. The summed E-state index contributed by atoms with van der Waals surface area (Å²) in [6.07, 6.45) is 5.68. The zero-order valence-electron chi connectivity index (χ0n) is 12.7. The number of hydrogen-bond acceptors (Lipinski definition) is 4. The molecular formula is C16H16N6. The summed E-state index contributed by atoms with van der Waals surface area (Å²) in [5.74, 6) is 0.923. The lowest BCUT2D eigenvalue weighted by Gasteiger charge is -2.10. The fraction of sp³-hybridized carbons (Fsp3) is 0.188. The second-order valence-electron chi connectivity index (χ2n) is 5.60. The summed E-state index contributed by atoms with van der Waals surface area (Å²) in [6.45, 7) is 0. The molecule has 0 amide bonds. The lowest BCUT2D eigenvalue weighted by molar-refractivity contribution is 0.768. The first-order valence-corrected chi connectivity index (χ1v) is 7.06. The van der Waals surface area contributed by atoms with Gasteiger partial charge in [0.05, 0.1) is 17.4 Å². The highest BCUT2D eigenvalue weighted by Crippen LogP contribution is 2.28. The molecule has 0 atom stereocenters. The van der Waals surface area contributed by atoms with Crippen molar-refractivity contribution in [1.29, 1.82) is 0 Å². The average molecular weight is 292 g/mol. The topological polar surface area (TPSA) is 62.6 Å². The van der Waals surface area contributed by atoms with Crippen LogP contribution in [0.3, 0.4) is 0 Å². The highest BCUT2D eigenvalue weighted by atomic mass is 15.2. The molecule has 0 saturated heterocycles. The molecule has 0 bridgehead atoms. The van der Waals surface area contributed by atoms with Crippen molar-refractivity contribution >= 4 is 27.8 Å². The van der Waals surface area contributed by atoms with E-state index in [4.69, 9.17) is 4.98 Å². The van der Waals surface area contributed by atoms with Crippen molar-refractivity contribution in [2.75, 3.05) is 19.0 Å². The van der Waals surface area contributed by atoms with Crippen LogP contribution in [0.5, 0.6) is 0 Å². The quantitative estimate of drug-likeness (QED) is 0.617. The van der Waals surface area contributed by atoms with Crippen molar-refractivity contribution in [3.63, 3.8) is 0 Å². The lowest BCUT2D eigenvalue weighted by atomic mass is 10.2. The van der Waals surface area contributed by atoms with Gasteiger partial charge in [0.1, 0.15) is 11.5 Å². The number of pyridine rings is 2. The summed E-state index contributed by atoms with van der Waals surface area (Å²) in [5.41, 5.74) is 3.83. The molecule has 6 nitrogen and oxygen atoms in total. The summed E-state index contributed by atoms with van der Waals surface area (Å²) >= 11 is 0. The number of fused-ring (bicyclic) bond motifs is 3. The maximum atomic E-state index is 4.72. The minimum atomic E-state index is 0.869. The summed E-state index contributed by atoms with van der Waals surface area (Å²) in [5, 5.41) is 6.37. The van der Waals surface area contributed by atoms with Gasteiger partial charge in [0.2, 0.25) is 0 Å². The first-order chi connectivity index (χ1) is 10.6. The van der Waals surface area contributed by atoms with Gasteiger partial charge in [-0.15, -0.1) is 0 Å². The van der Waals surface area contributed by atoms with Gasteiger partial charge in [0.25, 0.3) is 0 Å². The molecule has 4 aromatic rings. The van der Waals surface area contributed by atoms with Gasteiger partial charge in [-0.25, -0.2) is 9.97 Å². The smallest absolute Gasteiger partial charge is 0.139 e. The number of hydrogen-bond donors (Lipinski definition) is 1. The minimum absolute atomic E-state index is 0.869. The van der Waals surface area contributed by atoms with Crippen molar-refractivity contribution in [3.8, 4) is 11.3 Å². The number of aromatic nitrogens is 5. The Labute approximate surface area is 127 Å². The standard InChI is InChI=1S/C16H16N6/c1-21(2)15-6-14-12(8-17-15)11-4-5-13(19-16(11)20-14)10-7-18-22(3)9-10/h4-9H,1-3H3,(H,19,20). The lowest BCUT2D eigenvalue weighted by Crippen LogP contribution is -2.09. The molecule has 110 valence electrons. The molecule has 0 aliphatic rings. The fourth-order valence-electron chi connectivity index (χ4n) is 2.62. The van der Waals surface area contributed by atoms with Crippen LogP contribution in [0.15, 0.2) is 36.8 Å². The highest BCUT2D eigenvalue weighted by molar-refractivity contribution is 6.06. The molecule has 0 aliphatic carbocycles. The molecule has 4 aromatic heterocycles. The predicted octanol–water partition coefficient (Wildman–Crippen LogP) is 2.58. The molecule has 0 radical (unpaired) electrons. The number of aromatic amines is 1. The van der Waals surface area contributed by atoms with E-state index in [-0.39, 0.29) is 0 Å². The third-order valence-corrected chi connectivity index (χ3v) is 3.79. The fourth-order valence-corrected chi connectivity index (χ4v) is 2.62. The molecule has 0 fully saturated rings. The van der Waals surface area contributed by atoms with Crippen molar-refractivity contribution in [2.45, 2.75) is 0 Å². The normalized spacial score (nSPS) is 11.4. The molecular weight excluding hydrogens is 276 g/mol. The van der Waals surface area contributed by atoms with Gasteiger partial charge in [-0.05, 0) is 12.1 Å². The Hall–Kier alpha value is -2.89. The summed E-state index contributed by atoms with van der Waals surface area (Å²) in [4.78, 5) is 14.6. The second kappa shape index (κ2) is 4.56. The number of H-pyrrole nitrogens is 1. The maximum Gasteiger partial charge on any atom is 0.139 e. The third-order valence-electron chi connectivity index (χ3n) is 3.79. The Kier molecular flexibility index (Phi) is 2.66. The van der Waals surface area contributed by atoms with Crippen LogP contribution in [0.25, 0.3) is 33.2 Å². The monoisotopic (exact) mass is 292 g/mol. The number of anilines is 1. The van der Waals surface area contributed by atoms with Crippen LogP contribution in [-0.4, -0.2) is 38.8 Å². The van der Waals surface area contributed by atoms with Crippen LogP contribution in [0, 0.1) is 0 Å². The molecule has 4 rings (SSSR count). The average Bonchev–Trinajstić information content (AvgIpc) is 3.09. The molecule has 4 heterocycles. The molecule has 0 spiro atoms.